The Morgan fingerprint density at radius 2 is 2.20 bits per heavy atom. The molecule has 0 aromatic heterocycles. The highest BCUT2D eigenvalue weighted by Crippen LogP contribution is 2.20. The second kappa shape index (κ2) is 6.68. The summed E-state index contributed by atoms with van der Waals surface area (Å²) in [6.07, 6.45) is 1.88. The number of rotatable bonds is 3. The normalized spacial score (nSPS) is 22.9. The van der Waals surface area contributed by atoms with E-state index < -0.39 is 5.82 Å². The van der Waals surface area contributed by atoms with Crippen LogP contribution in [0.25, 0.3) is 0 Å². The van der Waals surface area contributed by atoms with Crippen LogP contribution in [-0.4, -0.2) is 36.0 Å². The van der Waals surface area contributed by atoms with E-state index in [4.69, 9.17) is 0 Å². The molecule has 2 atom stereocenters. The van der Waals surface area contributed by atoms with Gasteiger partial charge in [0.15, 0.2) is 0 Å². The van der Waals surface area contributed by atoms with Crippen LogP contribution >= 0.6 is 15.9 Å². The topological polar surface area (TPSA) is 32.3 Å². The van der Waals surface area contributed by atoms with Crippen LogP contribution in [-0.2, 0) is 0 Å². The van der Waals surface area contributed by atoms with Crippen molar-refractivity contribution in [2.24, 2.45) is 0 Å². The lowest BCUT2D eigenvalue weighted by molar-refractivity contribution is 0.0575. The SMILES string of the molecule is CCC1CN(C(=O)c2ccc(Br)c(F)c2)C(CC)CN1. The van der Waals surface area contributed by atoms with Crippen molar-refractivity contribution in [1.29, 1.82) is 0 Å². The van der Waals surface area contributed by atoms with Crippen LogP contribution in [0.4, 0.5) is 4.39 Å². The number of hydrogen-bond acceptors (Lipinski definition) is 2. The van der Waals surface area contributed by atoms with Gasteiger partial charge in [0, 0.05) is 30.7 Å². The maximum Gasteiger partial charge on any atom is 0.254 e. The second-order valence-electron chi connectivity index (χ2n) is 5.16. The Bertz CT molecular complexity index is 495. The minimum Gasteiger partial charge on any atom is -0.333 e. The number of halogens is 2. The average molecular weight is 343 g/mol. The molecule has 1 aliphatic rings. The first-order chi connectivity index (χ1) is 9.56. The summed E-state index contributed by atoms with van der Waals surface area (Å²) in [5.41, 5.74) is 0.418. The minimum absolute atomic E-state index is 0.0804. The number of piperazine rings is 1. The smallest absolute Gasteiger partial charge is 0.254 e. The van der Waals surface area contributed by atoms with Crippen molar-refractivity contribution < 1.29 is 9.18 Å². The fourth-order valence-corrected chi connectivity index (χ4v) is 2.79. The van der Waals surface area contributed by atoms with Gasteiger partial charge in [-0.05, 0) is 47.0 Å². The van der Waals surface area contributed by atoms with Gasteiger partial charge in [-0.1, -0.05) is 13.8 Å². The largest absolute Gasteiger partial charge is 0.333 e. The zero-order valence-corrected chi connectivity index (χ0v) is 13.4. The summed E-state index contributed by atoms with van der Waals surface area (Å²) in [6, 6.07) is 5.06. The third-order valence-electron chi connectivity index (χ3n) is 3.89. The molecule has 1 N–H and O–H groups in total. The van der Waals surface area contributed by atoms with Crippen molar-refractivity contribution in [2.75, 3.05) is 13.1 Å². The van der Waals surface area contributed by atoms with E-state index in [9.17, 15) is 9.18 Å². The lowest BCUT2D eigenvalue weighted by Gasteiger charge is -2.40. The van der Waals surface area contributed by atoms with Crippen molar-refractivity contribution in [3.05, 3.63) is 34.1 Å². The molecule has 110 valence electrons. The van der Waals surface area contributed by atoms with Gasteiger partial charge < -0.3 is 10.2 Å². The van der Waals surface area contributed by atoms with Gasteiger partial charge in [-0.3, -0.25) is 4.79 Å². The molecular formula is C15H20BrFN2O. The summed E-state index contributed by atoms with van der Waals surface area (Å²) >= 11 is 3.11. The highest BCUT2D eigenvalue weighted by Gasteiger charge is 2.30. The molecule has 2 rings (SSSR count). The zero-order chi connectivity index (χ0) is 14.7. The molecule has 0 bridgehead atoms. The molecule has 2 unspecified atom stereocenters. The second-order valence-corrected chi connectivity index (χ2v) is 6.02. The number of carbonyl (C=O) groups excluding carboxylic acids is 1. The van der Waals surface area contributed by atoms with Gasteiger partial charge in [-0.25, -0.2) is 4.39 Å². The number of hydrogen-bond donors (Lipinski definition) is 1. The van der Waals surface area contributed by atoms with E-state index in [0.717, 1.165) is 19.4 Å². The summed E-state index contributed by atoms with van der Waals surface area (Å²) in [5, 5.41) is 3.45. The van der Waals surface area contributed by atoms with Gasteiger partial charge in [-0.2, -0.15) is 0 Å². The monoisotopic (exact) mass is 342 g/mol. The molecule has 1 amide bonds. The molecule has 0 saturated carbocycles. The molecule has 0 aliphatic carbocycles. The van der Waals surface area contributed by atoms with Crippen LogP contribution in [0.3, 0.4) is 0 Å². The van der Waals surface area contributed by atoms with Crippen LogP contribution < -0.4 is 5.32 Å². The fraction of sp³-hybridized carbons (Fsp3) is 0.533. The van der Waals surface area contributed by atoms with Gasteiger partial charge in [0.25, 0.3) is 5.91 Å². The first-order valence-electron chi connectivity index (χ1n) is 7.06. The molecule has 1 aromatic rings. The van der Waals surface area contributed by atoms with Crippen LogP contribution in [0.15, 0.2) is 22.7 Å². The van der Waals surface area contributed by atoms with Gasteiger partial charge >= 0.3 is 0 Å². The number of amides is 1. The van der Waals surface area contributed by atoms with Crippen LogP contribution in [0.5, 0.6) is 0 Å². The van der Waals surface area contributed by atoms with E-state index in [0.29, 0.717) is 22.6 Å². The predicted molar refractivity (Wildman–Crippen MR) is 81.3 cm³/mol. The minimum atomic E-state index is -0.397. The third-order valence-corrected chi connectivity index (χ3v) is 4.53. The van der Waals surface area contributed by atoms with E-state index in [1.165, 1.54) is 6.07 Å². The molecule has 1 saturated heterocycles. The molecule has 20 heavy (non-hydrogen) atoms. The number of nitrogens with one attached hydrogen (secondary N) is 1. The summed E-state index contributed by atoms with van der Waals surface area (Å²) in [5.74, 6) is -0.478. The van der Waals surface area contributed by atoms with Gasteiger partial charge in [-0.15, -0.1) is 0 Å². The average Bonchev–Trinajstić information content (AvgIpc) is 2.48. The van der Waals surface area contributed by atoms with Crippen LogP contribution in [0.2, 0.25) is 0 Å². The summed E-state index contributed by atoms with van der Waals surface area (Å²) in [4.78, 5) is 14.5. The van der Waals surface area contributed by atoms with E-state index in [2.05, 4.69) is 35.1 Å². The number of nitrogens with zero attached hydrogens (tertiary/aromatic N) is 1. The van der Waals surface area contributed by atoms with Crippen molar-refractivity contribution in [3.8, 4) is 0 Å². The first kappa shape index (κ1) is 15.4. The number of carbonyl (C=O) groups is 1. The lowest BCUT2D eigenvalue weighted by atomic mass is 10.0. The number of benzene rings is 1. The summed E-state index contributed by atoms with van der Waals surface area (Å²) in [6.45, 7) is 5.66. The van der Waals surface area contributed by atoms with E-state index >= 15 is 0 Å². The van der Waals surface area contributed by atoms with Gasteiger partial charge in [0.2, 0.25) is 0 Å². The predicted octanol–water partition coefficient (Wildman–Crippen LogP) is 3.19. The van der Waals surface area contributed by atoms with E-state index in [1.807, 2.05) is 4.90 Å². The van der Waals surface area contributed by atoms with Gasteiger partial charge in [0.05, 0.1) is 4.47 Å². The highest BCUT2D eigenvalue weighted by molar-refractivity contribution is 9.10. The Morgan fingerprint density at radius 3 is 2.80 bits per heavy atom. The van der Waals surface area contributed by atoms with Crippen molar-refractivity contribution >= 4 is 21.8 Å². The molecule has 5 heteroatoms. The maximum absolute atomic E-state index is 13.6. The Hall–Kier alpha value is -0.940. The van der Waals surface area contributed by atoms with Crippen LogP contribution in [0, 0.1) is 5.82 Å². The van der Waals surface area contributed by atoms with Crippen molar-refractivity contribution in [2.45, 2.75) is 38.8 Å². The first-order valence-corrected chi connectivity index (χ1v) is 7.85. The molecule has 1 fully saturated rings. The Balaban J connectivity index is 2.22. The van der Waals surface area contributed by atoms with E-state index in [-0.39, 0.29) is 11.9 Å². The molecule has 1 aromatic carbocycles. The van der Waals surface area contributed by atoms with Gasteiger partial charge in [0.1, 0.15) is 5.82 Å². The fourth-order valence-electron chi connectivity index (χ4n) is 2.55. The Morgan fingerprint density at radius 1 is 1.45 bits per heavy atom. The lowest BCUT2D eigenvalue weighted by Crippen LogP contribution is -2.57. The summed E-state index contributed by atoms with van der Waals surface area (Å²) < 4.78 is 14.0. The standard InChI is InChI=1S/C15H20BrFN2O/c1-3-11-9-19(12(4-2)8-18-11)15(20)10-5-6-13(16)14(17)7-10/h5-7,11-12,18H,3-4,8-9H2,1-2H3. The highest BCUT2D eigenvalue weighted by atomic mass is 79.9. The third kappa shape index (κ3) is 3.20. The molecule has 0 spiro atoms. The molecule has 0 radical (unpaired) electrons. The van der Waals surface area contributed by atoms with Crippen molar-refractivity contribution in [1.82, 2.24) is 10.2 Å². The Labute approximate surface area is 127 Å². The zero-order valence-electron chi connectivity index (χ0n) is 11.8. The Kier molecular flexibility index (Phi) is 5.16. The van der Waals surface area contributed by atoms with Crippen molar-refractivity contribution in [3.63, 3.8) is 0 Å². The maximum atomic E-state index is 13.6. The molecule has 3 nitrogen and oxygen atoms in total. The quantitative estimate of drug-likeness (QED) is 0.914. The van der Waals surface area contributed by atoms with Crippen LogP contribution in [0.1, 0.15) is 37.0 Å². The summed E-state index contributed by atoms with van der Waals surface area (Å²) in [7, 11) is 0. The van der Waals surface area contributed by atoms with E-state index in [1.54, 1.807) is 12.1 Å². The molecular weight excluding hydrogens is 323 g/mol. The molecule has 1 aliphatic heterocycles. The molecule has 1 heterocycles.